The molecule has 0 saturated heterocycles. The molecule has 0 bridgehead atoms. The minimum atomic E-state index is -0.126. The van der Waals surface area contributed by atoms with Gasteiger partial charge in [0.1, 0.15) is 11.6 Å². The molecule has 0 aliphatic heterocycles. The zero-order chi connectivity index (χ0) is 14.0. The van der Waals surface area contributed by atoms with Crippen LogP contribution < -0.4 is 10.3 Å². The van der Waals surface area contributed by atoms with Gasteiger partial charge in [-0.1, -0.05) is 18.5 Å². The first-order valence-electron chi connectivity index (χ1n) is 6.00. The fourth-order valence-corrected chi connectivity index (χ4v) is 2.07. The van der Waals surface area contributed by atoms with Gasteiger partial charge in [-0.2, -0.15) is 0 Å². The maximum atomic E-state index is 11.9. The van der Waals surface area contributed by atoms with Gasteiger partial charge in [0.15, 0.2) is 0 Å². The van der Waals surface area contributed by atoms with E-state index in [1.807, 2.05) is 6.92 Å². The number of rotatable bonds is 3. The van der Waals surface area contributed by atoms with Gasteiger partial charge in [0, 0.05) is 10.6 Å². The van der Waals surface area contributed by atoms with E-state index in [4.69, 9.17) is 16.3 Å². The maximum absolute atomic E-state index is 11.9. The van der Waals surface area contributed by atoms with Gasteiger partial charge in [-0.25, -0.2) is 4.98 Å². The monoisotopic (exact) mass is 278 g/mol. The van der Waals surface area contributed by atoms with Gasteiger partial charge in [-0.3, -0.25) is 4.79 Å². The minimum Gasteiger partial charge on any atom is -0.496 e. The minimum absolute atomic E-state index is 0.126. The molecule has 2 rings (SSSR count). The third-order valence-electron chi connectivity index (χ3n) is 3.01. The number of halogens is 1. The van der Waals surface area contributed by atoms with Crippen molar-refractivity contribution in [3.63, 3.8) is 0 Å². The first-order chi connectivity index (χ1) is 9.06. The Morgan fingerprint density at radius 3 is 2.79 bits per heavy atom. The number of aromatic nitrogens is 2. The van der Waals surface area contributed by atoms with Crippen LogP contribution in [-0.2, 0) is 6.42 Å². The summed E-state index contributed by atoms with van der Waals surface area (Å²) in [5.74, 6) is 1.09. The molecule has 0 atom stereocenters. The molecule has 19 heavy (non-hydrogen) atoms. The zero-order valence-corrected chi connectivity index (χ0v) is 11.8. The molecular weight excluding hydrogens is 264 g/mol. The normalized spacial score (nSPS) is 10.5. The van der Waals surface area contributed by atoms with E-state index in [0.29, 0.717) is 28.6 Å². The number of hydrogen-bond acceptors (Lipinski definition) is 3. The van der Waals surface area contributed by atoms with E-state index in [-0.39, 0.29) is 5.56 Å². The summed E-state index contributed by atoms with van der Waals surface area (Å²) in [6.45, 7) is 3.74. The van der Waals surface area contributed by atoms with Crippen LogP contribution in [0.3, 0.4) is 0 Å². The predicted octanol–water partition coefficient (Wildman–Crippen LogP) is 2.97. The van der Waals surface area contributed by atoms with Gasteiger partial charge >= 0.3 is 0 Å². The van der Waals surface area contributed by atoms with Crippen LogP contribution in [-0.4, -0.2) is 17.1 Å². The Bertz CT molecular complexity index is 665. The van der Waals surface area contributed by atoms with Crippen molar-refractivity contribution >= 4 is 11.6 Å². The fourth-order valence-electron chi connectivity index (χ4n) is 1.91. The van der Waals surface area contributed by atoms with E-state index < -0.39 is 0 Å². The summed E-state index contributed by atoms with van der Waals surface area (Å²) in [7, 11) is 1.56. The van der Waals surface area contributed by atoms with E-state index in [1.54, 1.807) is 32.2 Å². The van der Waals surface area contributed by atoms with E-state index in [2.05, 4.69) is 9.97 Å². The number of nitrogens with zero attached hydrogens (tertiary/aromatic N) is 1. The standard InChI is InChI=1S/C14H15ClN2O2/c1-4-11-8(2)14(18)17-13(16-11)10-6-5-9(15)7-12(10)19-3/h5-7H,4H2,1-3H3,(H,16,17,18). The average molecular weight is 279 g/mol. The van der Waals surface area contributed by atoms with Crippen molar-refractivity contribution in [3.05, 3.63) is 44.8 Å². The highest BCUT2D eigenvalue weighted by Gasteiger charge is 2.12. The molecule has 0 spiro atoms. The molecule has 0 unspecified atom stereocenters. The van der Waals surface area contributed by atoms with Crippen molar-refractivity contribution in [2.45, 2.75) is 20.3 Å². The van der Waals surface area contributed by atoms with Gasteiger partial charge in [0.05, 0.1) is 18.4 Å². The fraction of sp³-hybridized carbons (Fsp3) is 0.286. The van der Waals surface area contributed by atoms with Gasteiger partial charge < -0.3 is 9.72 Å². The summed E-state index contributed by atoms with van der Waals surface area (Å²) in [5, 5.41) is 0.575. The Morgan fingerprint density at radius 2 is 2.16 bits per heavy atom. The molecule has 0 saturated carbocycles. The number of aromatic amines is 1. The largest absolute Gasteiger partial charge is 0.496 e. The predicted molar refractivity (Wildman–Crippen MR) is 76.0 cm³/mol. The molecule has 1 N–H and O–H groups in total. The van der Waals surface area contributed by atoms with Crippen LogP contribution in [0.4, 0.5) is 0 Å². The molecule has 100 valence electrons. The molecule has 1 aromatic carbocycles. The van der Waals surface area contributed by atoms with Crippen molar-refractivity contribution in [2.24, 2.45) is 0 Å². The van der Waals surface area contributed by atoms with E-state index in [0.717, 1.165) is 11.3 Å². The van der Waals surface area contributed by atoms with Gasteiger partial charge in [-0.05, 0) is 31.5 Å². The lowest BCUT2D eigenvalue weighted by Gasteiger charge is -2.10. The van der Waals surface area contributed by atoms with Gasteiger partial charge in [-0.15, -0.1) is 0 Å². The smallest absolute Gasteiger partial charge is 0.254 e. The third-order valence-corrected chi connectivity index (χ3v) is 3.24. The molecule has 0 fully saturated rings. The van der Waals surface area contributed by atoms with Crippen LogP contribution in [0.1, 0.15) is 18.2 Å². The first-order valence-corrected chi connectivity index (χ1v) is 6.38. The van der Waals surface area contributed by atoms with Crippen LogP contribution in [0.15, 0.2) is 23.0 Å². The lowest BCUT2D eigenvalue weighted by Crippen LogP contribution is -2.15. The van der Waals surface area contributed by atoms with Crippen LogP contribution in [0.25, 0.3) is 11.4 Å². The maximum Gasteiger partial charge on any atom is 0.254 e. The molecule has 0 radical (unpaired) electrons. The molecule has 0 aliphatic carbocycles. The Morgan fingerprint density at radius 1 is 1.42 bits per heavy atom. The summed E-state index contributed by atoms with van der Waals surface area (Å²) < 4.78 is 5.28. The third kappa shape index (κ3) is 2.63. The van der Waals surface area contributed by atoms with Crippen molar-refractivity contribution in [3.8, 4) is 17.1 Å². The Labute approximate surface area is 116 Å². The van der Waals surface area contributed by atoms with Crippen molar-refractivity contribution in [1.29, 1.82) is 0 Å². The van der Waals surface area contributed by atoms with Crippen molar-refractivity contribution < 1.29 is 4.74 Å². The summed E-state index contributed by atoms with van der Waals surface area (Å²) in [5.41, 5.74) is 2.03. The van der Waals surface area contributed by atoms with E-state index in [9.17, 15) is 4.79 Å². The highest BCUT2D eigenvalue weighted by Crippen LogP contribution is 2.30. The molecule has 5 heteroatoms. The number of benzene rings is 1. The van der Waals surface area contributed by atoms with Crippen molar-refractivity contribution in [2.75, 3.05) is 7.11 Å². The molecule has 0 amide bonds. The summed E-state index contributed by atoms with van der Waals surface area (Å²) in [4.78, 5) is 19.1. The number of hydrogen-bond donors (Lipinski definition) is 1. The second kappa shape index (κ2) is 5.45. The number of H-pyrrole nitrogens is 1. The second-order valence-corrected chi connectivity index (χ2v) is 4.62. The molecule has 2 aromatic rings. The van der Waals surface area contributed by atoms with E-state index in [1.165, 1.54) is 0 Å². The van der Waals surface area contributed by atoms with Gasteiger partial charge in [0.25, 0.3) is 5.56 Å². The first kappa shape index (κ1) is 13.6. The zero-order valence-electron chi connectivity index (χ0n) is 11.1. The van der Waals surface area contributed by atoms with Gasteiger partial charge in [0.2, 0.25) is 0 Å². The van der Waals surface area contributed by atoms with Crippen LogP contribution in [0.2, 0.25) is 5.02 Å². The number of nitrogens with one attached hydrogen (secondary N) is 1. The number of aryl methyl sites for hydroxylation is 1. The van der Waals surface area contributed by atoms with Crippen LogP contribution >= 0.6 is 11.6 Å². The highest BCUT2D eigenvalue weighted by atomic mass is 35.5. The summed E-state index contributed by atoms with van der Waals surface area (Å²) >= 11 is 5.93. The second-order valence-electron chi connectivity index (χ2n) is 4.18. The highest BCUT2D eigenvalue weighted by molar-refractivity contribution is 6.30. The molecule has 1 aromatic heterocycles. The Hall–Kier alpha value is -1.81. The molecule has 0 aliphatic rings. The topological polar surface area (TPSA) is 55.0 Å². The number of ether oxygens (including phenoxy) is 1. The van der Waals surface area contributed by atoms with Crippen LogP contribution in [0.5, 0.6) is 5.75 Å². The molecular formula is C14H15ClN2O2. The summed E-state index contributed by atoms with van der Waals surface area (Å²) in [6, 6.07) is 5.22. The van der Waals surface area contributed by atoms with Crippen molar-refractivity contribution in [1.82, 2.24) is 9.97 Å². The lowest BCUT2D eigenvalue weighted by atomic mass is 10.1. The SMILES string of the molecule is CCc1nc(-c2ccc(Cl)cc2OC)[nH]c(=O)c1C. The Kier molecular flexibility index (Phi) is 3.90. The summed E-state index contributed by atoms with van der Waals surface area (Å²) in [6.07, 6.45) is 0.707. The molecule has 4 nitrogen and oxygen atoms in total. The lowest BCUT2D eigenvalue weighted by molar-refractivity contribution is 0.416. The molecule has 1 heterocycles. The average Bonchev–Trinajstić information content (AvgIpc) is 2.41. The Balaban J connectivity index is 2.65. The quantitative estimate of drug-likeness (QED) is 0.939. The van der Waals surface area contributed by atoms with E-state index >= 15 is 0 Å². The number of methoxy groups -OCH3 is 1. The van der Waals surface area contributed by atoms with Crippen LogP contribution in [0, 0.1) is 6.92 Å².